The van der Waals surface area contributed by atoms with Gasteiger partial charge in [0.25, 0.3) is 5.22 Å². The number of nitrogens with zero attached hydrogens (tertiary/aromatic N) is 2. The molecule has 0 unspecified atom stereocenters. The molecule has 1 aromatic heterocycles. The Morgan fingerprint density at radius 1 is 1.10 bits per heavy atom. The van der Waals surface area contributed by atoms with Crippen molar-refractivity contribution in [3.63, 3.8) is 0 Å². The van der Waals surface area contributed by atoms with Gasteiger partial charge in [-0.05, 0) is 37.1 Å². The number of hydrogen-bond donors (Lipinski definition) is 1. The summed E-state index contributed by atoms with van der Waals surface area (Å²) < 4.78 is 5.59. The molecule has 0 aliphatic carbocycles. The molecule has 2 N–H and O–H groups in total. The van der Waals surface area contributed by atoms with Crippen LogP contribution in [0, 0.1) is 0 Å². The summed E-state index contributed by atoms with van der Waals surface area (Å²) in [5.74, 6) is 1.27. The first-order valence-corrected chi connectivity index (χ1v) is 8.53. The predicted molar refractivity (Wildman–Crippen MR) is 86.9 cm³/mol. The molecule has 21 heavy (non-hydrogen) atoms. The molecule has 1 aromatic carbocycles. The molecule has 0 saturated carbocycles. The predicted octanol–water partition coefficient (Wildman–Crippen LogP) is 4.34. The molecule has 0 aliphatic rings. The second kappa shape index (κ2) is 8.63. The molecule has 0 saturated heterocycles. The lowest BCUT2D eigenvalue weighted by atomic mass is 10.2. The number of benzene rings is 1. The smallest absolute Gasteiger partial charge is 0.276 e. The third kappa shape index (κ3) is 5.18. The Morgan fingerprint density at radius 2 is 1.86 bits per heavy atom. The molecule has 0 bridgehead atoms. The Bertz CT molecular complexity index is 557. The Labute approximate surface area is 138 Å². The van der Waals surface area contributed by atoms with Gasteiger partial charge in [0, 0.05) is 22.2 Å². The summed E-state index contributed by atoms with van der Waals surface area (Å²) in [7, 11) is 0. The lowest BCUT2D eigenvalue weighted by Crippen LogP contribution is -1.98. The van der Waals surface area contributed by atoms with E-state index in [4.69, 9.17) is 33.4 Å². The van der Waals surface area contributed by atoms with E-state index in [1.165, 1.54) is 11.8 Å². The van der Waals surface area contributed by atoms with Crippen LogP contribution in [0.3, 0.4) is 0 Å². The first-order chi connectivity index (χ1) is 10.2. The quantitative estimate of drug-likeness (QED) is 0.569. The summed E-state index contributed by atoms with van der Waals surface area (Å²) in [5, 5.41) is 9.90. The van der Waals surface area contributed by atoms with Gasteiger partial charge < -0.3 is 10.2 Å². The van der Waals surface area contributed by atoms with Crippen molar-refractivity contribution in [1.82, 2.24) is 10.2 Å². The number of nitrogens with two attached hydrogens (primary N) is 1. The van der Waals surface area contributed by atoms with Gasteiger partial charge in [0.15, 0.2) is 0 Å². The maximum Gasteiger partial charge on any atom is 0.276 e. The molecule has 1 heterocycles. The molecule has 0 amide bonds. The van der Waals surface area contributed by atoms with Crippen molar-refractivity contribution in [2.75, 3.05) is 6.54 Å². The van der Waals surface area contributed by atoms with Gasteiger partial charge in [-0.15, -0.1) is 10.2 Å². The molecule has 0 fully saturated rings. The fourth-order valence-corrected chi connectivity index (χ4v) is 3.32. The highest BCUT2D eigenvalue weighted by atomic mass is 35.5. The fraction of sp³-hybridized carbons (Fsp3) is 0.429. The first-order valence-electron chi connectivity index (χ1n) is 6.79. The van der Waals surface area contributed by atoms with Crippen LogP contribution in [0.5, 0.6) is 0 Å². The van der Waals surface area contributed by atoms with E-state index in [1.54, 1.807) is 0 Å². The van der Waals surface area contributed by atoms with Crippen LogP contribution in [-0.4, -0.2) is 16.7 Å². The molecular weight excluding hydrogens is 329 g/mol. The minimum absolute atomic E-state index is 0.541. The summed E-state index contributed by atoms with van der Waals surface area (Å²) in [6.07, 6.45) is 3.91. The van der Waals surface area contributed by atoms with Crippen molar-refractivity contribution in [2.24, 2.45) is 5.73 Å². The van der Waals surface area contributed by atoms with E-state index in [9.17, 15) is 0 Å². The number of aryl methyl sites for hydroxylation is 1. The minimum Gasteiger partial charge on any atom is -0.416 e. The van der Waals surface area contributed by atoms with E-state index in [1.807, 2.05) is 18.2 Å². The van der Waals surface area contributed by atoms with Gasteiger partial charge >= 0.3 is 0 Å². The Hall–Kier alpha value is -0.750. The zero-order chi connectivity index (χ0) is 15.1. The summed E-state index contributed by atoms with van der Waals surface area (Å²) >= 11 is 13.7. The third-order valence-electron chi connectivity index (χ3n) is 2.94. The van der Waals surface area contributed by atoms with Crippen molar-refractivity contribution in [1.29, 1.82) is 0 Å². The van der Waals surface area contributed by atoms with Gasteiger partial charge in [0.2, 0.25) is 5.89 Å². The number of hydrogen-bond acceptors (Lipinski definition) is 5. The van der Waals surface area contributed by atoms with Crippen LogP contribution in [0.4, 0.5) is 0 Å². The molecule has 7 heteroatoms. The zero-order valence-electron chi connectivity index (χ0n) is 11.5. The van der Waals surface area contributed by atoms with Crippen LogP contribution in [0.1, 0.15) is 30.7 Å². The zero-order valence-corrected chi connectivity index (χ0v) is 13.8. The van der Waals surface area contributed by atoms with Crippen molar-refractivity contribution in [3.8, 4) is 0 Å². The van der Waals surface area contributed by atoms with Gasteiger partial charge in [-0.1, -0.05) is 47.5 Å². The highest BCUT2D eigenvalue weighted by Crippen LogP contribution is 2.31. The lowest BCUT2D eigenvalue weighted by Gasteiger charge is -2.04. The SMILES string of the molecule is NCCCCCc1nnc(SCc2c(Cl)cccc2Cl)o1. The molecular formula is C14H17Cl2N3OS. The number of halogens is 2. The topological polar surface area (TPSA) is 64.9 Å². The fourth-order valence-electron chi connectivity index (χ4n) is 1.80. The monoisotopic (exact) mass is 345 g/mol. The highest BCUT2D eigenvalue weighted by molar-refractivity contribution is 7.98. The summed E-state index contributed by atoms with van der Waals surface area (Å²) in [6.45, 7) is 0.726. The van der Waals surface area contributed by atoms with E-state index in [-0.39, 0.29) is 0 Å². The molecule has 0 radical (unpaired) electrons. The van der Waals surface area contributed by atoms with Crippen LogP contribution in [-0.2, 0) is 12.2 Å². The van der Waals surface area contributed by atoms with Crippen LogP contribution in [0.25, 0.3) is 0 Å². The van der Waals surface area contributed by atoms with Crippen LogP contribution < -0.4 is 5.73 Å². The van der Waals surface area contributed by atoms with E-state index in [2.05, 4.69) is 10.2 Å². The second-order valence-electron chi connectivity index (χ2n) is 4.55. The van der Waals surface area contributed by atoms with E-state index in [0.717, 1.165) is 37.8 Å². The largest absolute Gasteiger partial charge is 0.416 e. The van der Waals surface area contributed by atoms with Gasteiger partial charge in [-0.25, -0.2) is 0 Å². The van der Waals surface area contributed by atoms with Gasteiger partial charge in [0.1, 0.15) is 0 Å². The molecule has 4 nitrogen and oxygen atoms in total. The van der Waals surface area contributed by atoms with E-state index >= 15 is 0 Å². The average Bonchev–Trinajstić information content (AvgIpc) is 2.91. The first kappa shape index (κ1) is 16.6. The Morgan fingerprint density at radius 3 is 2.57 bits per heavy atom. The van der Waals surface area contributed by atoms with Crippen LogP contribution >= 0.6 is 35.0 Å². The standard InChI is InChI=1S/C14H17Cl2N3OS/c15-11-5-4-6-12(16)10(11)9-21-14-19-18-13(20-14)7-2-1-3-8-17/h4-6H,1-3,7-9,17H2. The lowest BCUT2D eigenvalue weighted by molar-refractivity contribution is 0.407. The van der Waals surface area contributed by atoms with Crippen molar-refractivity contribution in [2.45, 2.75) is 36.7 Å². The van der Waals surface area contributed by atoms with Gasteiger partial charge in [-0.3, -0.25) is 0 Å². The number of thioether (sulfide) groups is 1. The van der Waals surface area contributed by atoms with Gasteiger partial charge in [0.05, 0.1) is 0 Å². The molecule has 0 aliphatic heterocycles. The van der Waals surface area contributed by atoms with E-state index < -0.39 is 0 Å². The Kier molecular flexibility index (Phi) is 6.83. The molecule has 2 rings (SSSR count). The second-order valence-corrected chi connectivity index (χ2v) is 6.29. The summed E-state index contributed by atoms with van der Waals surface area (Å²) in [4.78, 5) is 0. The molecule has 2 aromatic rings. The number of aromatic nitrogens is 2. The summed E-state index contributed by atoms with van der Waals surface area (Å²) in [5.41, 5.74) is 6.34. The maximum absolute atomic E-state index is 6.12. The Balaban J connectivity index is 1.85. The van der Waals surface area contributed by atoms with Crippen molar-refractivity contribution < 1.29 is 4.42 Å². The number of unbranched alkanes of at least 4 members (excludes halogenated alkanes) is 2. The highest BCUT2D eigenvalue weighted by Gasteiger charge is 2.10. The van der Waals surface area contributed by atoms with Crippen LogP contribution in [0.2, 0.25) is 10.0 Å². The van der Waals surface area contributed by atoms with Gasteiger partial charge in [-0.2, -0.15) is 0 Å². The normalized spacial score (nSPS) is 11.0. The molecule has 0 atom stereocenters. The maximum atomic E-state index is 6.12. The summed E-state index contributed by atoms with van der Waals surface area (Å²) in [6, 6.07) is 5.46. The third-order valence-corrected chi connectivity index (χ3v) is 4.50. The average molecular weight is 346 g/mol. The van der Waals surface area contributed by atoms with E-state index in [0.29, 0.717) is 26.9 Å². The molecule has 0 spiro atoms. The molecule has 114 valence electrons. The number of rotatable bonds is 8. The minimum atomic E-state index is 0.541. The van der Waals surface area contributed by atoms with Crippen molar-refractivity contribution >= 4 is 35.0 Å². The van der Waals surface area contributed by atoms with Crippen molar-refractivity contribution in [3.05, 3.63) is 39.7 Å². The van der Waals surface area contributed by atoms with Crippen LogP contribution in [0.15, 0.2) is 27.8 Å².